The fourth-order valence-electron chi connectivity index (χ4n) is 1.82. The Morgan fingerprint density at radius 3 is 2.60 bits per heavy atom. The van der Waals surface area contributed by atoms with Gasteiger partial charge in [-0.2, -0.15) is 0 Å². The molecule has 0 bridgehead atoms. The van der Waals surface area contributed by atoms with Gasteiger partial charge in [-0.1, -0.05) is 13.8 Å². The maximum Gasteiger partial charge on any atom is 0.265 e. The number of thioether (sulfide) groups is 1. The minimum absolute atomic E-state index is 0.0296. The van der Waals surface area contributed by atoms with E-state index in [1.165, 1.54) is 17.8 Å². The summed E-state index contributed by atoms with van der Waals surface area (Å²) in [6.07, 6.45) is 4.31. The van der Waals surface area contributed by atoms with Crippen molar-refractivity contribution in [1.82, 2.24) is 4.90 Å². The van der Waals surface area contributed by atoms with Crippen molar-refractivity contribution < 1.29 is 4.79 Å². The Bertz CT molecular complexity index is 456. The molecule has 3 N–H and O–H groups in total. The van der Waals surface area contributed by atoms with Gasteiger partial charge in [0.15, 0.2) is 0 Å². The summed E-state index contributed by atoms with van der Waals surface area (Å²) < 4.78 is 0. The summed E-state index contributed by atoms with van der Waals surface area (Å²) >= 11 is 3.05. The molecule has 0 radical (unpaired) electrons. The number of rotatable bonds is 7. The number of nitrogens with two attached hydrogens (primary N) is 1. The van der Waals surface area contributed by atoms with Crippen LogP contribution in [-0.2, 0) is 0 Å². The molecule has 0 unspecified atom stereocenters. The zero-order chi connectivity index (χ0) is 15.3. The molecule has 0 saturated carbocycles. The van der Waals surface area contributed by atoms with E-state index < -0.39 is 0 Å². The van der Waals surface area contributed by atoms with Gasteiger partial charge in [0, 0.05) is 20.6 Å². The van der Waals surface area contributed by atoms with Crippen molar-refractivity contribution in [3.8, 4) is 0 Å². The predicted octanol–water partition coefficient (Wildman–Crippen LogP) is 3.60. The quantitative estimate of drug-likeness (QED) is 0.596. The fraction of sp³-hybridized carbons (Fsp3) is 0.643. The van der Waals surface area contributed by atoms with Gasteiger partial charge in [-0.05, 0) is 25.0 Å². The van der Waals surface area contributed by atoms with Crippen molar-refractivity contribution in [2.24, 2.45) is 5.92 Å². The van der Waals surface area contributed by atoms with Gasteiger partial charge >= 0.3 is 0 Å². The zero-order valence-electron chi connectivity index (χ0n) is 12.9. The Morgan fingerprint density at radius 2 is 2.10 bits per heavy atom. The van der Waals surface area contributed by atoms with Gasteiger partial charge in [-0.3, -0.25) is 4.79 Å². The molecule has 4 nitrogen and oxygen atoms in total. The lowest BCUT2D eigenvalue weighted by Gasteiger charge is -2.08. The molecule has 1 aromatic heterocycles. The van der Waals surface area contributed by atoms with E-state index in [-0.39, 0.29) is 5.91 Å². The lowest BCUT2D eigenvalue weighted by molar-refractivity contribution is 0.0833. The number of amides is 1. The molecule has 0 aliphatic rings. The maximum absolute atomic E-state index is 12.1. The highest BCUT2D eigenvalue weighted by Crippen LogP contribution is 2.42. The van der Waals surface area contributed by atoms with Crippen molar-refractivity contribution in [2.75, 3.05) is 37.9 Å². The Morgan fingerprint density at radius 1 is 1.45 bits per heavy atom. The number of nitrogens with one attached hydrogen (secondary N) is 1. The summed E-state index contributed by atoms with van der Waals surface area (Å²) in [5.74, 6) is 0.689. The van der Waals surface area contributed by atoms with Gasteiger partial charge in [-0.15, -0.1) is 23.1 Å². The summed E-state index contributed by atoms with van der Waals surface area (Å²) in [6.45, 7) is 5.37. The molecule has 20 heavy (non-hydrogen) atoms. The van der Waals surface area contributed by atoms with Crippen LogP contribution < -0.4 is 11.1 Å². The average molecular weight is 316 g/mol. The average Bonchev–Trinajstić information content (AvgIpc) is 2.69. The molecular formula is C14H25N3OS2. The number of anilines is 2. The van der Waals surface area contributed by atoms with Crippen molar-refractivity contribution >= 4 is 39.7 Å². The molecule has 1 aromatic rings. The van der Waals surface area contributed by atoms with Crippen molar-refractivity contribution in [2.45, 2.75) is 31.6 Å². The molecule has 0 aliphatic carbocycles. The molecule has 1 rings (SSSR count). The lowest BCUT2D eigenvalue weighted by Crippen LogP contribution is -2.21. The highest BCUT2D eigenvalue weighted by atomic mass is 32.2. The largest absolute Gasteiger partial charge is 0.396 e. The lowest BCUT2D eigenvalue weighted by atomic mass is 10.1. The third-order valence-electron chi connectivity index (χ3n) is 2.95. The van der Waals surface area contributed by atoms with Gasteiger partial charge in [0.1, 0.15) is 9.88 Å². The van der Waals surface area contributed by atoms with E-state index in [9.17, 15) is 4.79 Å². The first-order valence-corrected chi connectivity index (χ1v) is 8.84. The third kappa shape index (κ3) is 4.31. The zero-order valence-corrected chi connectivity index (χ0v) is 14.6. The minimum Gasteiger partial charge on any atom is -0.396 e. The Balaban J connectivity index is 2.80. The number of nitrogens with zero attached hydrogens (tertiary/aromatic N) is 1. The highest BCUT2D eigenvalue weighted by molar-refractivity contribution is 7.99. The second-order valence-electron chi connectivity index (χ2n) is 5.37. The van der Waals surface area contributed by atoms with Crippen LogP contribution in [0.5, 0.6) is 0 Å². The smallest absolute Gasteiger partial charge is 0.265 e. The van der Waals surface area contributed by atoms with E-state index in [2.05, 4.69) is 19.2 Å². The van der Waals surface area contributed by atoms with Gasteiger partial charge in [-0.25, -0.2) is 0 Å². The van der Waals surface area contributed by atoms with Crippen LogP contribution in [0.3, 0.4) is 0 Å². The normalized spacial score (nSPS) is 10.9. The molecule has 0 saturated heterocycles. The van der Waals surface area contributed by atoms with Crippen molar-refractivity contribution in [1.29, 1.82) is 0 Å². The van der Waals surface area contributed by atoms with Gasteiger partial charge in [0.2, 0.25) is 0 Å². The van der Waals surface area contributed by atoms with Crippen LogP contribution in [0, 0.1) is 5.92 Å². The first kappa shape index (κ1) is 17.2. The number of nitrogen functional groups attached to an aromatic ring is 1. The Kier molecular flexibility index (Phi) is 6.68. The van der Waals surface area contributed by atoms with Gasteiger partial charge < -0.3 is 16.0 Å². The molecule has 0 fully saturated rings. The Labute approximate surface area is 130 Å². The second kappa shape index (κ2) is 7.78. The standard InChI is InChI=1S/C14H25N3OS2/c1-9(2)7-6-8-16-13-11(19-5)10(15)12(20-13)14(18)17(3)4/h9,16H,6-8,15H2,1-5H3. The van der Waals surface area contributed by atoms with Crippen molar-refractivity contribution in [3.63, 3.8) is 0 Å². The van der Waals surface area contributed by atoms with Crippen LogP contribution in [0.15, 0.2) is 4.90 Å². The number of hydrogen-bond donors (Lipinski definition) is 2. The molecular weight excluding hydrogens is 290 g/mol. The number of carbonyl (C=O) groups excluding carboxylic acids is 1. The van der Waals surface area contributed by atoms with Crippen LogP contribution in [0.1, 0.15) is 36.4 Å². The first-order valence-electron chi connectivity index (χ1n) is 6.80. The van der Waals surface area contributed by atoms with E-state index in [0.717, 1.165) is 28.8 Å². The fourth-order valence-corrected chi connectivity index (χ4v) is 3.90. The van der Waals surface area contributed by atoms with E-state index in [1.807, 2.05) is 6.26 Å². The molecule has 0 aliphatic heterocycles. The minimum atomic E-state index is -0.0296. The third-order valence-corrected chi connectivity index (χ3v) is 5.06. The molecule has 1 amide bonds. The summed E-state index contributed by atoms with van der Waals surface area (Å²) in [6, 6.07) is 0. The van der Waals surface area contributed by atoms with Crippen LogP contribution >= 0.6 is 23.1 Å². The van der Waals surface area contributed by atoms with Crippen LogP contribution in [-0.4, -0.2) is 37.7 Å². The highest BCUT2D eigenvalue weighted by Gasteiger charge is 2.21. The monoisotopic (exact) mass is 315 g/mol. The topological polar surface area (TPSA) is 58.4 Å². The molecule has 114 valence electrons. The predicted molar refractivity (Wildman–Crippen MR) is 91.1 cm³/mol. The SMILES string of the molecule is CSc1c(NCCCC(C)C)sc(C(=O)N(C)C)c1N. The van der Waals surface area contributed by atoms with E-state index >= 15 is 0 Å². The molecule has 1 heterocycles. The van der Waals surface area contributed by atoms with Crippen LogP contribution in [0.2, 0.25) is 0 Å². The number of carbonyl (C=O) groups is 1. The van der Waals surface area contributed by atoms with Gasteiger partial charge in [0.25, 0.3) is 5.91 Å². The first-order chi connectivity index (χ1) is 9.38. The van der Waals surface area contributed by atoms with Crippen LogP contribution in [0.25, 0.3) is 0 Å². The molecule has 6 heteroatoms. The summed E-state index contributed by atoms with van der Waals surface area (Å²) in [5.41, 5.74) is 6.71. The Hall–Kier alpha value is -0.880. The van der Waals surface area contributed by atoms with Gasteiger partial charge in [0.05, 0.1) is 10.6 Å². The summed E-state index contributed by atoms with van der Waals surface area (Å²) in [5, 5.41) is 4.44. The molecule has 0 spiro atoms. The van der Waals surface area contributed by atoms with Crippen molar-refractivity contribution in [3.05, 3.63) is 4.88 Å². The number of thiophene rings is 1. The van der Waals surface area contributed by atoms with E-state index in [0.29, 0.717) is 10.6 Å². The second-order valence-corrected chi connectivity index (χ2v) is 7.21. The molecule has 0 atom stereocenters. The number of hydrogen-bond acceptors (Lipinski definition) is 5. The summed E-state index contributed by atoms with van der Waals surface area (Å²) in [4.78, 5) is 15.3. The summed E-state index contributed by atoms with van der Waals surface area (Å²) in [7, 11) is 3.49. The van der Waals surface area contributed by atoms with E-state index in [1.54, 1.807) is 30.8 Å². The van der Waals surface area contributed by atoms with E-state index in [4.69, 9.17) is 5.73 Å². The molecule has 0 aromatic carbocycles. The van der Waals surface area contributed by atoms with Crippen LogP contribution in [0.4, 0.5) is 10.7 Å². The maximum atomic E-state index is 12.1.